The van der Waals surface area contributed by atoms with E-state index in [9.17, 15) is 13.6 Å². The molecule has 3 aliphatic rings. The summed E-state index contributed by atoms with van der Waals surface area (Å²) in [5.74, 6) is -1.40. The van der Waals surface area contributed by atoms with Gasteiger partial charge in [0.2, 0.25) is 0 Å². The van der Waals surface area contributed by atoms with Gasteiger partial charge in [-0.2, -0.15) is 5.26 Å². The number of hydrogen-bond donors (Lipinski definition) is 0. The van der Waals surface area contributed by atoms with Crippen LogP contribution in [0.2, 0.25) is 0 Å². The molecule has 3 fully saturated rings. The molecule has 1 aromatic carbocycles. The van der Waals surface area contributed by atoms with Crippen LogP contribution in [0.1, 0.15) is 37.3 Å². The Bertz CT molecular complexity index is 705. The van der Waals surface area contributed by atoms with Crippen molar-refractivity contribution in [2.75, 3.05) is 13.1 Å². The van der Waals surface area contributed by atoms with E-state index in [4.69, 9.17) is 10.00 Å². The molecule has 0 aliphatic carbocycles. The van der Waals surface area contributed by atoms with Crippen LogP contribution < -0.4 is 0 Å². The third kappa shape index (κ3) is 2.25. The Labute approximate surface area is 138 Å². The number of rotatable bonds is 1. The number of benzene rings is 1. The molecule has 3 heterocycles. The normalized spacial score (nSPS) is 28.3. The van der Waals surface area contributed by atoms with Gasteiger partial charge in [-0.1, -0.05) is 0 Å². The van der Waals surface area contributed by atoms with Crippen molar-refractivity contribution in [2.24, 2.45) is 0 Å². The van der Waals surface area contributed by atoms with Gasteiger partial charge in [-0.3, -0.25) is 4.79 Å². The van der Waals surface area contributed by atoms with Gasteiger partial charge in [-0.25, -0.2) is 8.78 Å². The Morgan fingerprint density at radius 1 is 1.17 bits per heavy atom. The SMILES string of the molecule is N#CN1CCC2(CC1)OC1CCC(c3cc(F)cc(F)c3)N1C2=O. The van der Waals surface area contributed by atoms with Crippen molar-refractivity contribution in [3.8, 4) is 6.19 Å². The molecule has 2 atom stereocenters. The van der Waals surface area contributed by atoms with E-state index in [0.29, 0.717) is 44.3 Å². The predicted molar refractivity (Wildman–Crippen MR) is 79.2 cm³/mol. The van der Waals surface area contributed by atoms with Gasteiger partial charge in [-0.05, 0) is 30.5 Å². The molecule has 3 saturated heterocycles. The van der Waals surface area contributed by atoms with Crippen LogP contribution in [-0.2, 0) is 9.53 Å². The van der Waals surface area contributed by atoms with Crippen molar-refractivity contribution in [1.82, 2.24) is 9.80 Å². The first-order valence-electron chi connectivity index (χ1n) is 8.14. The fourth-order valence-corrected chi connectivity index (χ4v) is 4.11. The monoisotopic (exact) mass is 333 g/mol. The molecule has 0 radical (unpaired) electrons. The highest BCUT2D eigenvalue weighted by Gasteiger charge is 2.57. The van der Waals surface area contributed by atoms with E-state index in [2.05, 4.69) is 6.19 Å². The van der Waals surface area contributed by atoms with E-state index in [1.807, 2.05) is 0 Å². The van der Waals surface area contributed by atoms with Gasteiger partial charge in [-0.15, -0.1) is 0 Å². The van der Waals surface area contributed by atoms with Gasteiger partial charge in [0.1, 0.15) is 17.9 Å². The lowest BCUT2D eigenvalue weighted by Gasteiger charge is -2.35. The predicted octanol–water partition coefficient (Wildman–Crippen LogP) is 2.30. The number of halogens is 2. The van der Waals surface area contributed by atoms with E-state index < -0.39 is 17.2 Å². The van der Waals surface area contributed by atoms with Crippen LogP contribution in [-0.4, -0.2) is 40.6 Å². The molecule has 126 valence electrons. The summed E-state index contributed by atoms with van der Waals surface area (Å²) in [4.78, 5) is 16.3. The highest BCUT2D eigenvalue weighted by atomic mass is 19.1. The third-order valence-corrected chi connectivity index (χ3v) is 5.30. The molecule has 1 spiro atoms. The summed E-state index contributed by atoms with van der Waals surface area (Å²) in [6.45, 7) is 0.976. The van der Waals surface area contributed by atoms with Crippen LogP contribution in [0.15, 0.2) is 18.2 Å². The Morgan fingerprint density at radius 2 is 1.83 bits per heavy atom. The summed E-state index contributed by atoms with van der Waals surface area (Å²) in [7, 11) is 0. The largest absolute Gasteiger partial charge is 0.342 e. The first-order valence-corrected chi connectivity index (χ1v) is 8.14. The smallest absolute Gasteiger partial charge is 0.257 e. The summed E-state index contributed by atoms with van der Waals surface area (Å²) < 4.78 is 33.2. The topological polar surface area (TPSA) is 56.6 Å². The summed E-state index contributed by atoms with van der Waals surface area (Å²) in [6.07, 6.45) is 3.96. The van der Waals surface area contributed by atoms with Crippen LogP contribution >= 0.6 is 0 Å². The third-order valence-electron chi connectivity index (χ3n) is 5.30. The highest BCUT2D eigenvalue weighted by Crippen LogP contribution is 2.47. The van der Waals surface area contributed by atoms with Gasteiger partial charge in [0.05, 0.1) is 6.04 Å². The van der Waals surface area contributed by atoms with Crippen LogP contribution in [0.3, 0.4) is 0 Å². The number of likely N-dealkylation sites (tertiary alicyclic amines) is 1. The lowest BCUT2D eigenvalue weighted by molar-refractivity contribution is -0.142. The molecular weight excluding hydrogens is 316 g/mol. The lowest BCUT2D eigenvalue weighted by atomic mass is 9.90. The molecule has 0 bridgehead atoms. The minimum Gasteiger partial charge on any atom is -0.342 e. The highest BCUT2D eigenvalue weighted by molar-refractivity contribution is 5.88. The molecule has 7 heteroatoms. The maximum absolute atomic E-state index is 13.5. The molecule has 1 aromatic rings. The number of ether oxygens (including phenoxy) is 1. The number of amides is 1. The second-order valence-corrected chi connectivity index (χ2v) is 6.66. The Kier molecular flexibility index (Phi) is 3.46. The zero-order chi connectivity index (χ0) is 16.9. The van der Waals surface area contributed by atoms with E-state index in [0.717, 1.165) is 6.07 Å². The zero-order valence-corrected chi connectivity index (χ0v) is 13.0. The van der Waals surface area contributed by atoms with Crippen molar-refractivity contribution in [3.63, 3.8) is 0 Å². The van der Waals surface area contributed by atoms with Gasteiger partial charge in [0, 0.05) is 32.0 Å². The van der Waals surface area contributed by atoms with Gasteiger partial charge in [0.15, 0.2) is 11.8 Å². The van der Waals surface area contributed by atoms with Gasteiger partial charge < -0.3 is 14.5 Å². The second-order valence-electron chi connectivity index (χ2n) is 6.66. The van der Waals surface area contributed by atoms with Crippen molar-refractivity contribution in [2.45, 2.75) is 43.6 Å². The molecule has 0 N–H and O–H groups in total. The second kappa shape index (κ2) is 5.42. The summed E-state index contributed by atoms with van der Waals surface area (Å²) >= 11 is 0. The number of nitriles is 1. The molecular formula is C17H17F2N3O2. The van der Waals surface area contributed by atoms with Crippen molar-refractivity contribution in [1.29, 1.82) is 5.26 Å². The molecule has 5 nitrogen and oxygen atoms in total. The lowest BCUT2D eigenvalue weighted by Crippen LogP contribution is -2.49. The first kappa shape index (κ1) is 15.3. The van der Waals surface area contributed by atoms with E-state index in [-0.39, 0.29) is 18.2 Å². The zero-order valence-electron chi connectivity index (χ0n) is 13.0. The number of fused-ring (bicyclic) bond motifs is 1. The van der Waals surface area contributed by atoms with Crippen molar-refractivity contribution in [3.05, 3.63) is 35.4 Å². The Hall–Kier alpha value is -2.20. The van der Waals surface area contributed by atoms with E-state index in [1.54, 1.807) is 9.80 Å². The molecule has 24 heavy (non-hydrogen) atoms. The standard InChI is InChI=1S/C17H17F2N3O2/c18-12-7-11(8-13(19)9-12)14-1-2-15-22(14)16(23)17(24-15)3-5-21(10-20)6-4-17/h7-9,14-15H,1-6H2. The summed E-state index contributed by atoms with van der Waals surface area (Å²) in [5.41, 5.74) is -0.416. The molecule has 0 saturated carbocycles. The number of carbonyl (C=O) groups is 1. The van der Waals surface area contributed by atoms with Gasteiger partial charge >= 0.3 is 0 Å². The molecule has 3 aliphatic heterocycles. The fourth-order valence-electron chi connectivity index (χ4n) is 4.11. The molecule has 0 aromatic heterocycles. The molecule has 2 unspecified atom stereocenters. The number of nitrogens with zero attached hydrogens (tertiary/aromatic N) is 3. The fraction of sp³-hybridized carbons (Fsp3) is 0.529. The maximum Gasteiger partial charge on any atom is 0.257 e. The van der Waals surface area contributed by atoms with Crippen LogP contribution in [0.25, 0.3) is 0 Å². The van der Waals surface area contributed by atoms with Crippen LogP contribution in [0.4, 0.5) is 8.78 Å². The maximum atomic E-state index is 13.5. The minimum atomic E-state index is -0.886. The molecule has 1 amide bonds. The number of hydrogen-bond acceptors (Lipinski definition) is 4. The minimum absolute atomic E-state index is 0.114. The van der Waals surface area contributed by atoms with Crippen LogP contribution in [0.5, 0.6) is 0 Å². The first-order chi connectivity index (χ1) is 11.5. The summed E-state index contributed by atoms with van der Waals surface area (Å²) in [6, 6.07) is 3.04. The average molecular weight is 333 g/mol. The molecule has 4 rings (SSSR count). The average Bonchev–Trinajstić information content (AvgIpc) is 3.07. The summed E-state index contributed by atoms with van der Waals surface area (Å²) in [5, 5.41) is 8.96. The van der Waals surface area contributed by atoms with E-state index >= 15 is 0 Å². The number of carbonyl (C=O) groups excluding carboxylic acids is 1. The Morgan fingerprint density at radius 3 is 2.46 bits per heavy atom. The van der Waals surface area contributed by atoms with Crippen LogP contribution in [0, 0.1) is 23.1 Å². The van der Waals surface area contributed by atoms with Crippen molar-refractivity contribution < 1.29 is 18.3 Å². The Balaban J connectivity index is 1.60. The van der Waals surface area contributed by atoms with Gasteiger partial charge in [0.25, 0.3) is 5.91 Å². The van der Waals surface area contributed by atoms with E-state index in [1.165, 1.54) is 12.1 Å². The quantitative estimate of drug-likeness (QED) is 0.740. The van der Waals surface area contributed by atoms with Crippen molar-refractivity contribution >= 4 is 5.91 Å². The number of piperidine rings is 1.